The van der Waals surface area contributed by atoms with E-state index in [4.69, 9.17) is 0 Å². The lowest BCUT2D eigenvalue weighted by Crippen LogP contribution is -2.04. The molecule has 0 atom stereocenters. The Morgan fingerprint density at radius 3 is 2.47 bits per heavy atom. The summed E-state index contributed by atoms with van der Waals surface area (Å²) in [6.45, 7) is 4.03. The molecule has 19 heavy (non-hydrogen) atoms. The Morgan fingerprint density at radius 1 is 1.21 bits per heavy atom. The highest BCUT2D eigenvalue weighted by molar-refractivity contribution is 7.99. The largest absolute Gasteiger partial charge is 0.351 e. The van der Waals surface area contributed by atoms with Crippen molar-refractivity contribution in [2.45, 2.75) is 19.6 Å². The van der Waals surface area contributed by atoms with E-state index < -0.39 is 0 Å². The zero-order valence-electron chi connectivity index (χ0n) is 11.6. The van der Waals surface area contributed by atoms with Crippen LogP contribution in [0, 0.1) is 13.8 Å². The van der Waals surface area contributed by atoms with Gasteiger partial charge in [-0.05, 0) is 25.5 Å². The fourth-order valence-corrected chi connectivity index (χ4v) is 2.92. The van der Waals surface area contributed by atoms with E-state index in [0.717, 1.165) is 22.7 Å². The van der Waals surface area contributed by atoms with Crippen LogP contribution in [0.25, 0.3) is 0 Å². The molecule has 2 nitrogen and oxygen atoms in total. The Kier molecular flexibility index (Phi) is 4.48. The number of Topliss-reactive ketones (excluding diaryl/α,β-unsaturated/α-hetero) is 1. The van der Waals surface area contributed by atoms with E-state index in [1.165, 1.54) is 5.56 Å². The summed E-state index contributed by atoms with van der Waals surface area (Å²) in [7, 11) is 2.00. The third-order valence-corrected chi connectivity index (χ3v) is 4.42. The second kappa shape index (κ2) is 6.11. The minimum absolute atomic E-state index is 0.224. The standard InChI is InChI=1S/C16H19NOS/c1-12-9-15(13(2)17(12)3)16(18)11-19-10-14-7-5-4-6-8-14/h4-9H,10-11H2,1-3H3. The van der Waals surface area contributed by atoms with Crippen LogP contribution in [0.5, 0.6) is 0 Å². The zero-order valence-corrected chi connectivity index (χ0v) is 12.5. The summed E-state index contributed by atoms with van der Waals surface area (Å²) in [5.41, 5.74) is 4.32. The Hall–Kier alpha value is -1.48. The van der Waals surface area contributed by atoms with Gasteiger partial charge in [-0.3, -0.25) is 4.79 Å². The van der Waals surface area contributed by atoms with Crippen molar-refractivity contribution < 1.29 is 4.79 Å². The summed E-state index contributed by atoms with van der Waals surface area (Å²) in [5, 5.41) is 0. The van der Waals surface area contributed by atoms with Gasteiger partial charge in [-0.2, -0.15) is 0 Å². The van der Waals surface area contributed by atoms with Crippen LogP contribution in [0.4, 0.5) is 0 Å². The molecule has 0 aliphatic rings. The van der Waals surface area contributed by atoms with Crippen molar-refractivity contribution in [1.29, 1.82) is 0 Å². The van der Waals surface area contributed by atoms with Crippen molar-refractivity contribution in [2.75, 3.05) is 5.75 Å². The predicted molar refractivity (Wildman–Crippen MR) is 81.8 cm³/mol. The first-order valence-electron chi connectivity index (χ1n) is 6.37. The molecular formula is C16H19NOS. The lowest BCUT2D eigenvalue weighted by molar-refractivity contribution is 0.102. The first kappa shape index (κ1) is 13.9. The molecule has 0 aliphatic heterocycles. The number of rotatable bonds is 5. The lowest BCUT2D eigenvalue weighted by Gasteiger charge is -2.03. The molecule has 0 spiro atoms. The van der Waals surface area contributed by atoms with E-state index in [1.807, 2.05) is 45.2 Å². The molecule has 1 aromatic heterocycles. The van der Waals surface area contributed by atoms with Crippen LogP contribution >= 0.6 is 11.8 Å². The van der Waals surface area contributed by atoms with Gasteiger partial charge >= 0.3 is 0 Å². The van der Waals surface area contributed by atoms with Crippen LogP contribution in [0.1, 0.15) is 27.3 Å². The maximum Gasteiger partial charge on any atom is 0.174 e. The topological polar surface area (TPSA) is 22.0 Å². The van der Waals surface area contributed by atoms with Crippen molar-refractivity contribution in [1.82, 2.24) is 4.57 Å². The lowest BCUT2D eigenvalue weighted by atomic mass is 10.2. The SMILES string of the molecule is Cc1cc(C(=O)CSCc2ccccc2)c(C)n1C. The molecule has 2 rings (SSSR count). The fraction of sp³-hybridized carbons (Fsp3) is 0.312. The zero-order chi connectivity index (χ0) is 13.8. The van der Waals surface area contributed by atoms with Crippen LogP contribution in [0.3, 0.4) is 0 Å². The van der Waals surface area contributed by atoms with Gasteiger partial charge in [0.2, 0.25) is 0 Å². The van der Waals surface area contributed by atoms with E-state index in [9.17, 15) is 4.79 Å². The molecule has 0 unspecified atom stereocenters. The van der Waals surface area contributed by atoms with Gasteiger partial charge in [0.25, 0.3) is 0 Å². The molecule has 0 fully saturated rings. The maximum atomic E-state index is 12.2. The van der Waals surface area contributed by atoms with Gasteiger partial charge in [-0.25, -0.2) is 0 Å². The van der Waals surface area contributed by atoms with Crippen molar-refractivity contribution >= 4 is 17.5 Å². The third-order valence-electron chi connectivity index (χ3n) is 3.42. The number of aromatic nitrogens is 1. The Labute approximate surface area is 118 Å². The molecule has 0 amide bonds. The molecule has 100 valence electrons. The Morgan fingerprint density at radius 2 is 1.89 bits per heavy atom. The van der Waals surface area contributed by atoms with Crippen molar-refractivity contribution in [2.24, 2.45) is 7.05 Å². The quantitative estimate of drug-likeness (QED) is 0.774. The summed E-state index contributed by atoms with van der Waals surface area (Å²) < 4.78 is 2.06. The molecule has 1 heterocycles. The first-order valence-corrected chi connectivity index (χ1v) is 7.53. The highest BCUT2D eigenvalue weighted by Gasteiger charge is 2.13. The van der Waals surface area contributed by atoms with Gasteiger partial charge in [0.15, 0.2) is 5.78 Å². The van der Waals surface area contributed by atoms with Gasteiger partial charge in [0, 0.05) is 29.8 Å². The minimum Gasteiger partial charge on any atom is -0.351 e. The smallest absolute Gasteiger partial charge is 0.174 e. The minimum atomic E-state index is 0.224. The summed E-state index contributed by atoms with van der Waals surface area (Å²) in [6.07, 6.45) is 0. The average Bonchev–Trinajstić information content (AvgIpc) is 2.68. The number of benzene rings is 1. The average molecular weight is 273 g/mol. The molecule has 0 N–H and O–H groups in total. The summed E-state index contributed by atoms with van der Waals surface area (Å²) in [4.78, 5) is 12.2. The number of ketones is 1. The van der Waals surface area contributed by atoms with Crippen molar-refractivity contribution in [3.05, 3.63) is 58.9 Å². The van der Waals surface area contributed by atoms with Crippen LogP contribution < -0.4 is 0 Å². The number of nitrogens with zero attached hydrogens (tertiary/aromatic N) is 1. The van der Waals surface area contributed by atoms with E-state index in [0.29, 0.717) is 5.75 Å². The van der Waals surface area contributed by atoms with E-state index in [2.05, 4.69) is 16.7 Å². The number of hydrogen-bond acceptors (Lipinski definition) is 2. The molecule has 0 radical (unpaired) electrons. The predicted octanol–water partition coefficient (Wildman–Crippen LogP) is 3.76. The van der Waals surface area contributed by atoms with Crippen LogP contribution in [0.15, 0.2) is 36.4 Å². The number of aryl methyl sites for hydroxylation is 1. The second-order valence-electron chi connectivity index (χ2n) is 4.75. The van der Waals surface area contributed by atoms with Crippen LogP contribution in [-0.4, -0.2) is 16.1 Å². The first-order chi connectivity index (χ1) is 9.09. The summed E-state index contributed by atoms with van der Waals surface area (Å²) in [5.74, 6) is 1.65. The molecule has 0 saturated heterocycles. The van der Waals surface area contributed by atoms with E-state index >= 15 is 0 Å². The monoisotopic (exact) mass is 273 g/mol. The van der Waals surface area contributed by atoms with Gasteiger partial charge in [-0.15, -0.1) is 11.8 Å². The molecule has 0 aliphatic carbocycles. The number of carbonyl (C=O) groups is 1. The van der Waals surface area contributed by atoms with Gasteiger partial charge < -0.3 is 4.57 Å². The highest BCUT2D eigenvalue weighted by atomic mass is 32.2. The molecule has 3 heteroatoms. The maximum absolute atomic E-state index is 12.2. The molecule has 0 bridgehead atoms. The Bertz CT molecular complexity index is 572. The van der Waals surface area contributed by atoms with Crippen molar-refractivity contribution in [3.8, 4) is 0 Å². The third kappa shape index (κ3) is 3.29. The Balaban J connectivity index is 1.93. The molecular weight excluding hydrogens is 254 g/mol. The second-order valence-corrected chi connectivity index (χ2v) is 5.73. The van der Waals surface area contributed by atoms with Crippen LogP contribution in [0.2, 0.25) is 0 Å². The summed E-state index contributed by atoms with van der Waals surface area (Å²) in [6, 6.07) is 12.2. The molecule has 1 aromatic carbocycles. The van der Waals surface area contributed by atoms with Gasteiger partial charge in [0.05, 0.1) is 5.75 Å². The number of carbonyl (C=O) groups excluding carboxylic acids is 1. The number of thioether (sulfide) groups is 1. The van der Waals surface area contributed by atoms with E-state index in [1.54, 1.807) is 11.8 Å². The highest BCUT2D eigenvalue weighted by Crippen LogP contribution is 2.18. The molecule has 0 saturated carbocycles. The van der Waals surface area contributed by atoms with Gasteiger partial charge in [0.1, 0.15) is 0 Å². The summed E-state index contributed by atoms with van der Waals surface area (Å²) >= 11 is 1.67. The van der Waals surface area contributed by atoms with Crippen molar-refractivity contribution in [3.63, 3.8) is 0 Å². The van der Waals surface area contributed by atoms with Gasteiger partial charge in [-0.1, -0.05) is 30.3 Å². The normalized spacial score (nSPS) is 10.7. The molecule has 2 aromatic rings. The van der Waals surface area contributed by atoms with Crippen LogP contribution in [-0.2, 0) is 12.8 Å². The fourth-order valence-electron chi connectivity index (χ4n) is 2.05. The number of hydrogen-bond donors (Lipinski definition) is 0. The van der Waals surface area contributed by atoms with E-state index in [-0.39, 0.29) is 5.78 Å².